The molecular formula is C64H101N21O22S. The number of aliphatic carboxylic acids is 1. The Morgan fingerprint density at radius 1 is 0.509 bits per heavy atom. The van der Waals surface area contributed by atoms with E-state index in [1.165, 1.54) is 23.6 Å². The molecule has 14 atom stereocenters. The molecule has 108 heavy (non-hydrogen) atoms. The largest absolute Gasteiger partial charge is 0.480 e. The fourth-order valence-electron chi connectivity index (χ4n) is 10.7. The molecule has 600 valence electrons. The number of carbonyl (C=O) groups is 18. The number of primary amides is 3. The van der Waals surface area contributed by atoms with Crippen LogP contribution in [0.2, 0.25) is 0 Å². The predicted molar refractivity (Wildman–Crippen MR) is 382 cm³/mol. The van der Waals surface area contributed by atoms with Crippen LogP contribution in [-0.2, 0) is 92.7 Å². The lowest BCUT2D eigenvalue weighted by atomic mass is 10.0. The van der Waals surface area contributed by atoms with E-state index in [2.05, 4.69) is 79.4 Å². The Hall–Kier alpha value is -10.9. The molecule has 2 aliphatic heterocycles. The van der Waals surface area contributed by atoms with E-state index < -0.39 is 249 Å². The van der Waals surface area contributed by atoms with Crippen LogP contribution in [0.1, 0.15) is 103 Å². The summed E-state index contributed by atoms with van der Waals surface area (Å²) in [5, 5.41) is 72.6. The Morgan fingerprint density at radius 3 is 1.47 bits per heavy atom. The predicted octanol–water partition coefficient (Wildman–Crippen LogP) is -11.8. The Bertz CT molecular complexity index is 3380. The van der Waals surface area contributed by atoms with Crippen molar-refractivity contribution in [3.05, 3.63) is 35.9 Å². The highest BCUT2D eigenvalue weighted by Gasteiger charge is 2.41. The normalized spacial score (nSPS) is 17.0. The maximum atomic E-state index is 14.7. The molecule has 2 saturated heterocycles. The lowest BCUT2D eigenvalue weighted by Crippen LogP contribution is -2.60. The highest BCUT2D eigenvalue weighted by atomic mass is 32.2. The number of nitrogens with zero attached hydrogens (tertiary/aromatic N) is 2. The Kier molecular flexibility index (Phi) is 39.7. The maximum Gasteiger partial charge on any atom is 0.325 e. The highest BCUT2D eigenvalue weighted by Crippen LogP contribution is 2.21. The van der Waals surface area contributed by atoms with Crippen LogP contribution in [0.4, 0.5) is 0 Å². The number of aliphatic imine (C=N–C) groups is 1. The van der Waals surface area contributed by atoms with Gasteiger partial charge in [0.15, 0.2) is 5.96 Å². The molecule has 1 aromatic carbocycles. The number of hydrogen-bond donors (Lipinski definition) is 23. The number of carbonyl (C=O) groups excluding carboxylic acids is 17. The number of rotatable bonds is 48. The number of amides is 17. The number of aliphatic hydroxyl groups is 3. The topological polar surface area (TPSA) is 702 Å². The summed E-state index contributed by atoms with van der Waals surface area (Å²) < 4.78 is 0. The summed E-state index contributed by atoms with van der Waals surface area (Å²) in [6.07, 6.45) is 0.222. The van der Waals surface area contributed by atoms with E-state index in [0.29, 0.717) is 24.9 Å². The number of aliphatic hydroxyl groups excluding tert-OH is 3. The van der Waals surface area contributed by atoms with E-state index in [4.69, 9.17) is 28.7 Å². The number of hydrogen-bond acceptors (Lipinski definition) is 24. The summed E-state index contributed by atoms with van der Waals surface area (Å²) in [5.74, 6) is -18.4. The third-order valence-corrected chi connectivity index (χ3v) is 17.4. The van der Waals surface area contributed by atoms with Crippen LogP contribution in [-0.4, -0.2) is 280 Å². The van der Waals surface area contributed by atoms with Gasteiger partial charge in [-0.2, -0.15) is 11.8 Å². The van der Waals surface area contributed by atoms with E-state index in [1.54, 1.807) is 36.6 Å². The molecule has 0 aromatic heterocycles. The smallest absolute Gasteiger partial charge is 0.325 e. The fraction of sp³-hybridized carbons (Fsp3) is 0.609. The second kappa shape index (κ2) is 47.0. The van der Waals surface area contributed by atoms with E-state index >= 15 is 0 Å². The number of nitrogens with one attached hydrogen (secondary N) is 14. The first-order valence-corrected chi connectivity index (χ1v) is 35.9. The van der Waals surface area contributed by atoms with Crippen molar-refractivity contribution in [1.82, 2.24) is 79.3 Å². The first-order valence-electron chi connectivity index (χ1n) is 34.5. The monoisotopic (exact) mass is 1550 g/mol. The van der Waals surface area contributed by atoms with Crippen LogP contribution < -0.4 is 103 Å². The van der Waals surface area contributed by atoms with Crippen LogP contribution in [0, 0.1) is 0 Å². The summed E-state index contributed by atoms with van der Waals surface area (Å²) in [5.41, 5.74) is 27.6. The minimum absolute atomic E-state index is 0.0104. The quantitative estimate of drug-likeness (QED) is 0.0164. The van der Waals surface area contributed by atoms with Gasteiger partial charge in [-0.3, -0.25) is 91.3 Å². The number of guanidine groups is 1. The molecule has 0 bridgehead atoms. The zero-order valence-electron chi connectivity index (χ0n) is 60.1. The van der Waals surface area contributed by atoms with Crippen LogP contribution in [0.3, 0.4) is 0 Å². The summed E-state index contributed by atoms with van der Waals surface area (Å²) in [7, 11) is 0. The maximum absolute atomic E-state index is 14.7. The van der Waals surface area contributed by atoms with E-state index in [-0.39, 0.29) is 63.3 Å². The minimum Gasteiger partial charge on any atom is -0.480 e. The molecule has 1 aromatic rings. The molecule has 0 saturated carbocycles. The molecule has 17 amide bonds. The third kappa shape index (κ3) is 32.1. The molecule has 0 aliphatic carbocycles. The van der Waals surface area contributed by atoms with Gasteiger partial charge in [0.1, 0.15) is 78.5 Å². The van der Waals surface area contributed by atoms with Gasteiger partial charge in [-0.15, -0.1) is 0 Å². The van der Waals surface area contributed by atoms with Crippen molar-refractivity contribution < 1.29 is 107 Å². The minimum atomic E-state index is -1.89. The van der Waals surface area contributed by atoms with Gasteiger partial charge in [-0.05, 0) is 103 Å². The van der Waals surface area contributed by atoms with Gasteiger partial charge in [0, 0.05) is 32.4 Å². The van der Waals surface area contributed by atoms with E-state index in [1.807, 2.05) is 0 Å². The zero-order chi connectivity index (χ0) is 80.9. The van der Waals surface area contributed by atoms with Crippen molar-refractivity contribution in [2.75, 3.05) is 58.0 Å². The molecule has 2 fully saturated rings. The van der Waals surface area contributed by atoms with Crippen LogP contribution in [0.5, 0.6) is 0 Å². The molecule has 44 heteroatoms. The SMILES string of the molecule is CSCC[C@H](NC(=O)[C@H](CCCN=C(N)N)NC(=O)[C@H](C)NC(=O)[C@H](CCC(N)=O)NC(=O)CNC(=O)[C@H](CO)NC(=O)[C@H](CO)NC(=O)[C@H](C)NC(=O)[C@H](CCC(N)=O)NC(=O)[C@H](CO)NC(=O)[C@@H]1CCCN1)C(=O)N[C@@H](Cc1ccccc1)C(=O)N1CCC[C@H]1C(=O)N[C@@H](CC(N)=O)C(=O)N[C@@H](C)C(=O)O. The lowest BCUT2D eigenvalue weighted by molar-refractivity contribution is -0.143. The van der Waals surface area contributed by atoms with Crippen molar-refractivity contribution >= 4 is 124 Å². The van der Waals surface area contributed by atoms with Crippen molar-refractivity contribution in [3.63, 3.8) is 0 Å². The average molecular weight is 1550 g/mol. The molecule has 3 rings (SSSR count). The van der Waals surface area contributed by atoms with Crippen LogP contribution >= 0.6 is 11.8 Å². The highest BCUT2D eigenvalue weighted by molar-refractivity contribution is 7.98. The van der Waals surface area contributed by atoms with Gasteiger partial charge in [0.25, 0.3) is 0 Å². The Labute approximate surface area is 624 Å². The molecular weight excluding hydrogens is 1450 g/mol. The van der Waals surface area contributed by atoms with Crippen LogP contribution in [0.25, 0.3) is 0 Å². The number of thioether (sulfide) groups is 1. The van der Waals surface area contributed by atoms with Crippen molar-refractivity contribution in [2.45, 2.75) is 189 Å². The van der Waals surface area contributed by atoms with E-state index in [9.17, 15) is 107 Å². The standard InChI is InChI=1S/C64H101N21O22S/c1-31(73-54(97)37(16-18-46(65)89)76-49(92)27-72-52(95)42(28-86)83-60(103)43(29-87)82-51(94)32(2)74-55(98)38(17-19-47(66)90)78-59(102)44(30-88)84-53(96)35-13-8-21-70-35)50(93)77-36(14-9-22-71-64(68)69)56(99)79-39(20-24-108-4)57(100)81-41(25-34-11-6-5-7-12-34)62(105)85-23-10-15-45(85)61(104)80-40(26-48(67)91)58(101)75-33(3)63(106)107/h5-7,11-12,31-33,35-45,70,86-88H,8-10,13-30H2,1-4H3,(H2,65,89)(H2,66,90)(H2,67,91)(H,72,95)(H,73,97)(H,74,98)(H,75,101)(H,76,92)(H,77,93)(H,78,102)(H,79,99)(H,80,104)(H,81,100)(H,82,94)(H,83,103)(H,84,96)(H,106,107)(H4,68,69,71)/t31-,32-,33-,35-,36-,37-,38-,39-,40-,41-,42-,43-,44-,45-/m0/s1. The van der Waals surface area contributed by atoms with Gasteiger partial charge in [0.2, 0.25) is 100 Å². The number of carboxylic acids is 1. The summed E-state index contributed by atoms with van der Waals surface area (Å²) in [4.78, 5) is 243. The average Bonchev–Trinajstić information content (AvgIpc) is 1.61. The third-order valence-electron chi connectivity index (χ3n) is 16.7. The van der Waals surface area contributed by atoms with Gasteiger partial charge < -0.3 is 128 Å². The number of nitrogens with two attached hydrogens (primary N) is 5. The van der Waals surface area contributed by atoms with Crippen molar-refractivity contribution in [2.24, 2.45) is 33.7 Å². The van der Waals surface area contributed by atoms with Crippen molar-refractivity contribution in [3.8, 4) is 0 Å². The fourth-order valence-corrected chi connectivity index (χ4v) is 11.2. The first kappa shape index (κ1) is 91.3. The molecule has 28 N–H and O–H groups in total. The summed E-state index contributed by atoms with van der Waals surface area (Å²) in [6, 6.07) is -12.5. The molecule has 0 unspecified atom stereocenters. The second-order valence-corrected chi connectivity index (χ2v) is 26.3. The number of carboxylic acid groups (broad SMARTS) is 1. The molecule has 0 spiro atoms. The van der Waals surface area contributed by atoms with Gasteiger partial charge in [-0.1, -0.05) is 30.3 Å². The Morgan fingerprint density at radius 2 is 0.963 bits per heavy atom. The second-order valence-electron chi connectivity index (χ2n) is 25.3. The van der Waals surface area contributed by atoms with Crippen molar-refractivity contribution in [1.29, 1.82) is 0 Å². The van der Waals surface area contributed by atoms with Crippen LogP contribution in [0.15, 0.2) is 35.3 Å². The molecule has 43 nitrogen and oxygen atoms in total. The lowest BCUT2D eigenvalue weighted by Gasteiger charge is -2.31. The van der Waals surface area contributed by atoms with Gasteiger partial charge in [0.05, 0.1) is 38.8 Å². The molecule has 2 heterocycles. The Balaban J connectivity index is 1.74. The number of likely N-dealkylation sites (tertiary alicyclic amines) is 1. The molecule has 0 radical (unpaired) electrons. The summed E-state index contributed by atoms with van der Waals surface area (Å²) in [6.45, 7) is -0.225. The molecule has 2 aliphatic rings. The van der Waals surface area contributed by atoms with Gasteiger partial charge in [-0.25, -0.2) is 0 Å². The first-order chi connectivity index (χ1) is 51.0. The number of benzene rings is 1. The van der Waals surface area contributed by atoms with Gasteiger partial charge >= 0.3 is 5.97 Å². The zero-order valence-corrected chi connectivity index (χ0v) is 61.0. The summed E-state index contributed by atoms with van der Waals surface area (Å²) >= 11 is 1.29. The van der Waals surface area contributed by atoms with E-state index in [0.717, 1.165) is 13.8 Å².